The predicted octanol–water partition coefficient (Wildman–Crippen LogP) is 1.26. The molecule has 1 aromatic heterocycles. The van der Waals surface area contributed by atoms with Crippen molar-refractivity contribution in [3.8, 4) is 5.88 Å². The Balaban J connectivity index is 3.26. The van der Waals surface area contributed by atoms with Gasteiger partial charge in [0.1, 0.15) is 11.1 Å². The summed E-state index contributed by atoms with van der Waals surface area (Å²) in [5, 5.41) is -0.862. The molecule has 0 aliphatic heterocycles. The van der Waals surface area contributed by atoms with Gasteiger partial charge in [-0.15, -0.1) is 0 Å². The van der Waals surface area contributed by atoms with Crippen molar-refractivity contribution in [3.63, 3.8) is 0 Å². The highest BCUT2D eigenvalue weighted by Gasteiger charge is 2.23. The van der Waals surface area contributed by atoms with Gasteiger partial charge in [-0.3, -0.25) is 0 Å². The Kier molecular flexibility index (Phi) is 4.69. The minimum absolute atomic E-state index is 0.0849. The molecule has 0 fully saturated rings. The molecule has 1 heterocycles. The molecule has 7 nitrogen and oxygen atoms in total. The molecule has 0 saturated heterocycles. The summed E-state index contributed by atoms with van der Waals surface area (Å²) in [4.78, 5) is 21.1. The van der Waals surface area contributed by atoms with Gasteiger partial charge in [0.25, 0.3) is 0 Å². The molecule has 1 atom stereocenters. The molecule has 0 aliphatic rings. The van der Waals surface area contributed by atoms with Crippen molar-refractivity contribution in [1.29, 1.82) is 0 Å². The molecule has 0 saturated carbocycles. The van der Waals surface area contributed by atoms with Gasteiger partial charge >= 0.3 is 6.09 Å². The lowest BCUT2D eigenvalue weighted by atomic mass is 10.2. The van der Waals surface area contributed by atoms with Crippen LogP contribution in [0.4, 0.5) is 4.79 Å². The number of hydrogen-bond acceptors (Lipinski definition) is 6. The number of rotatable bonds is 3. The molecule has 0 spiro atoms. The first kappa shape index (κ1) is 16.4. The fraction of sp³-hybridized carbons (Fsp3) is 0.583. The van der Waals surface area contributed by atoms with Gasteiger partial charge in [0.15, 0.2) is 9.84 Å². The van der Waals surface area contributed by atoms with E-state index >= 15 is 0 Å². The van der Waals surface area contributed by atoms with Gasteiger partial charge in [-0.05, 0) is 20.8 Å². The number of carbonyl (C=O) groups excluding carboxylic acids is 1. The fourth-order valence-corrected chi connectivity index (χ4v) is 1.76. The van der Waals surface area contributed by atoms with Crippen LogP contribution in [0.15, 0.2) is 0 Å². The van der Waals surface area contributed by atoms with Crippen LogP contribution in [0.2, 0.25) is 0 Å². The van der Waals surface area contributed by atoms with Crippen LogP contribution >= 0.6 is 0 Å². The van der Waals surface area contributed by atoms with Crippen molar-refractivity contribution >= 4 is 15.9 Å². The van der Waals surface area contributed by atoms with E-state index < -0.39 is 21.2 Å². The number of aromatic nitrogens is 2. The van der Waals surface area contributed by atoms with E-state index in [0.717, 1.165) is 6.26 Å². The van der Waals surface area contributed by atoms with E-state index in [9.17, 15) is 13.2 Å². The first-order chi connectivity index (χ1) is 9.04. The smallest absolute Gasteiger partial charge is 0.391 e. The maximum atomic E-state index is 11.6. The minimum atomic E-state index is -3.32. The predicted molar refractivity (Wildman–Crippen MR) is 74.5 cm³/mol. The second-order valence-electron chi connectivity index (χ2n) is 4.83. The molecule has 20 heavy (non-hydrogen) atoms. The summed E-state index contributed by atoms with van der Waals surface area (Å²) in [5.74, 6) is 0.207. The molecule has 0 N–H and O–H groups in total. The highest BCUT2D eigenvalue weighted by molar-refractivity contribution is 7.90. The van der Waals surface area contributed by atoms with Gasteiger partial charge < -0.3 is 9.64 Å². The summed E-state index contributed by atoms with van der Waals surface area (Å²) in [5.41, 5.74) is 1.18. The van der Waals surface area contributed by atoms with E-state index in [1.54, 1.807) is 27.9 Å². The number of nitrogens with zero attached hydrogens (tertiary/aromatic N) is 3. The molecule has 1 rings (SSSR count). The molecule has 0 aliphatic carbocycles. The Morgan fingerprint density at radius 1 is 1.25 bits per heavy atom. The lowest BCUT2D eigenvalue weighted by Crippen LogP contribution is -2.26. The molecule has 8 heteroatoms. The van der Waals surface area contributed by atoms with Crippen molar-refractivity contribution in [2.75, 3.05) is 20.4 Å². The molecule has 1 amide bonds. The number of carbonyl (C=O) groups is 1. The standard InChI is InChI=1S/C12H19N3O4S/c1-7-8(2)13-10(9(3)20(6,17)18)14-11(7)19-12(16)15(4)5/h9H,1-6H3. The zero-order valence-corrected chi connectivity index (χ0v) is 13.3. The van der Waals surface area contributed by atoms with Gasteiger partial charge in [0.2, 0.25) is 5.88 Å². The minimum Gasteiger partial charge on any atom is -0.391 e. The molecular formula is C12H19N3O4S. The molecule has 0 radical (unpaired) electrons. The Hall–Kier alpha value is -1.70. The normalized spacial score (nSPS) is 12.9. The number of amides is 1. The highest BCUT2D eigenvalue weighted by atomic mass is 32.2. The average Bonchev–Trinajstić information content (AvgIpc) is 2.32. The van der Waals surface area contributed by atoms with Gasteiger partial charge in [-0.2, -0.15) is 4.98 Å². The lowest BCUT2D eigenvalue weighted by Gasteiger charge is -2.15. The zero-order chi connectivity index (χ0) is 15.7. The van der Waals surface area contributed by atoms with Crippen LogP contribution in [-0.2, 0) is 9.84 Å². The summed E-state index contributed by atoms with van der Waals surface area (Å²) < 4.78 is 28.3. The SMILES string of the molecule is Cc1nc(C(C)S(C)(=O)=O)nc(OC(=O)N(C)C)c1C. The second-order valence-corrected chi connectivity index (χ2v) is 7.20. The second kappa shape index (κ2) is 5.74. The van der Waals surface area contributed by atoms with E-state index in [0.29, 0.717) is 11.3 Å². The fourth-order valence-electron chi connectivity index (χ4n) is 1.27. The first-order valence-corrected chi connectivity index (χ1v) is 7.92. The van der Waals surface area contributed by atoms with Crippen LogP contribution in [0.25, 0.3) is 0 Å². The molecular weight excluding hydrogens is 282 g/mol. The third-order valence-electron chi connectivity index (χ3n) is 2.92. The zero-order valence-electron chi connectivity index (χ0n) is 12.5. The van der Waals surface area contributed by atoms with E-state index in [4.69, 9.17) is 4.74 Å². The number of sulfone groups is 1. The summed E-state index contributed by atoms with van der Waals surface area (Å²) in [6, 6.07) is 0. The summed E-state index contributed by atoms with van der Waals surface area (Å²) in [7, 11) is -0.228. The topological polar surface area (TPSA) is 89.5 Å². The quantitative estimate of drug-likeness (QED) is 0.835. The van der Waals surface area contributed by atoms with Gasteiger partial charge in [0.05, 0.1) is 0 Å². The van der Waals surface area contributed by atoms with Crippen molar-refractivity contribution in [2.45, 2.75) is 26.0 Å². The van der Waals surface area contributed by atoms with Gasteiger partial charge in [-0.1, -0.05) is 0 Å². The summed E-state index contributed by atoms with van der Waals surface area (Å²) in [6.07, 6.45) is 0.533. The van der Waals surface area contributed by atoms with Crippen molar-refractivity contribution in [2.24, 2.45) is 0 Å². The third kappa shape index (κ3) is 3.66. The van der Waals surface area contributed by atoms with Crippen LogP contribution in [-0.4, -0.2) is 49.7 Å². The third-order valence-corrected chi connectivity index (χ3v) is 4.41. The Bertz CT molecular complexity index is 626. The van der Waals surface area contributed by atoms with Gasteiger partial charge in [0, 0.05) is 31.6 Å². The lowest BCUT2D eigenvalue weighted by molar-refractivity contribution is 0.169. The average molecular weight is 301 g/mol. The Morgan fingerprint density at radius 2 is 1.80 bits per heavy atom. The molecule has 0 bridgehead atoms. The number of hydrogen-bond donors (Lipinski definition) is 0. The van der Waals surface area contributed by atoms with Gasteiger partial charge in [-0.25, -0.2) is 18.2 Å². The maximum absolute atomic E-state index is 11.6. The Morgan fingerprint density at radius 3 is 2.25 bits per heavy atom. The van der Waals surface area contributed by atoms with Crippen molar-refractivity contribution < 1.29 is 17.9 Å². The van der Waals surface area contributed by atoms with Crippen molar-refractivity contribution in [1.82, 2.24) is 14.9 Å². The summed E-state index contributed by atoms with van der Waals surface area (Å²) >= 11 is 0. The summed E-state index contributed by atoms with van der Waals surface area (Å²) in [6.45, 7) is 4.92. The molecule has 0 aromatic carbocycles. The van der Waals surface area contributed by atoms with E-state index in [-0.39, 0.29) is 11.7 Å². The van der Waals surface area contributed by atoms with Crippen LogP contribution in [0, 0.1) is 13.8 Å². The first-order valence-electron chi connectivity index (χ1n) is 5.97. The van der Waals surface area contributed by atoms with Crippen molar-refractivity contribution in [3.05, 3.63) is 17.1 Å². The van der Waals surface area contributed by atoms with E-state index in [1.807, 2.05) is 0 Å². The monoisotopic (exact) mass is 301 g/mol. The number of ether oxygens (including phenoxy) is 1. The van der Waals surface area contributed by atoms with E-state index in [2.05, 4.69) is 9.97 Å². The molecule has 1 unspecified atom stereocenters. The highest BCUT2D eigenvalue weighted by Crippen LogP contribution is 2.24. The van der Waals surface area contributed by atoms with Crippen LogP contribution in [0.1, 0.15) is 29.3 Å². The van der Waals surface area contributed by atoms with Crippen LogP contribution in [0.5, 0.6) is 5.88 Å². The Labute approximate surface area is 118 Å². The van der Waals surface area contributed by atoms with Crippen LogP contribution < -0.4 is 4.74 Å². The molecule has 112 valence electrons. The number of aryl methyl sites for hydroxylation is 1. The maximum Gasteiger partial charge on any atom is 0.416 e. The van der Waals surface area contributed by atoms with E-state index in [1.165, 1.54) is 11.8 Å². The molecule has 1 aromatic rings. The largest absolute Gasteiger partial charge is 0.416 e. The van der Waals surface area contributed by atoms with Crippen LogP contribution in [0.3, 0.4) is 0 Å².